The maximum atomic E-state index is 12.8. The molecule has 0 N–H and O–H groups in total. The first kappa shape index (κ1) is 15.3. The first-order valence-electron chi connectivity index (χ1n) is 8.10. The quantitative estimate of drug-likeness (QED) is 0.838. The zero-order valence-electron chi connectivity index (χ0n) is 13.2. The predicted octanol–water partition coefficient (Wildman–Crippen LogP) is 2.79. The molecule has 0 aliphatic carbocycles. The highest BCUT2D eigenvalue weighted by molar-refractivity contribution is 6.32. The van der Waals surface area contributed by atoms with Crippen LogP contribution in [0, 0.1) is 0 Å². The van der Waals surface area contributed by atoms with Gasteiger partial charge < -0.3 is 14.4 Å². The Bertz CT molecular complexity index is 748. The Kier molecular flexibility index (Phi) is 4.06. The molecule has 126 valence electrons. The zero-order chi connectivity index (χ0) is 16.5. The van der Waals surface area contributed by atoms with E-state index in [0.29, 0.717) is 48.4 Å². The molecule has 4 rings (SSSR count). The van der Waals surface area contributed by atoms with Gasteiger partial charge in [0.2, 0.25) is 0 Å². The number of likely N-dealkylation sites (tertiary alicyclic amines) is 1. The van der Waals surface area contributed by atoms with Crippen LogP contribution in [0.5, 0.6) is 11.5 Å². The summed E-state index contributed by atoms with van der Waals surface area (Å²) in [5.41, 5.74) is 0.533. The lowest BCUT2D eigenvalue weighted by molar-refractivity contribution is 0.0786. The summed E-state index contributed by atoms with van der Waals surface area (Å²) >= 11 is 6.29. The Morgan fingerprint density at radius 1 is 1.29 bits per heavy atom. The van der Waals surface area contributed by atoms with Gasteiger partial charge in [-0.05, 0) is 24.6 Å². The molecule has 1 aromatic carbocycles. The van der Waals surface area contributed by atoms with E-state index >= 15 is 0 Å². The second-order valence-electron chi connectivity index (χ2n) is 6.02. The van der Waals surface area contributed by atoms with Crippen molar-refractivity contribution in [1.29, 1.82) is 0 Å². The fraction of sp³-hybridized carbons (Fsp3) is 0.412. The molecule has 0 radical (unpaired) electrons. The Hall–Kier alpha value is -2.21. The van der Waals surface area contributed by atoms with Gasteiger partial charge in [0.25, 0.3) is 5.91 Å². The van der Waals surface area contributed by atoms with Crippen LogP contribution in [0.25, 0.3) is 0 Å². The lowest BCUT2D eigenvalue weighted by atomic mass is 10.1. The molecule has 1 atom stereocenters. The maximum Gasteiger partial charge on any atom is 0.254 e. The minimum Gasteiger partial charge on any atom is -0.489 e. The Morgan fingerprint density at radius 2 is 2.17 bits per heavy atom. The first-order chi connectivity index (χ1) is 11.7. The van der Waals surface area contributed by atoms with Gasteiger partial charge in [-0.25, -0.2) is 0 Å². The van der Waals surface area contributed by atoms with Crippen LogP contribution in [-0.4, -0.2) is 46.9 Å². The van der Waals surface area contributed by atoms with E-state index in [1.165, 1.54) is 0 Å². The van der Waals surface area contributed by atoms with Crippen LogP contribution >= 0.6 is 11.6 Å². The molecular formula is C17H18ClN3O3. The van der Waals surface area contributed by atoms with Crippen LogP contribution in [0.15, 0.2) is 30.6 Å². The maximum absolute atomic E-state index is 12.8. The van der Waals surface area contributed by atoms with E-state index in [4.69, 9.17) is 21.1 Å². The topological polar surface area (TPSA) is 56.6 Å². The largest absolute Gasteiger partial charge is 0.489 e. The standard InChI is InChI=1S/C17H18ClN3O3/c18-14-9-12(10-15-16(14)24-8-2-7-23-15)17(22)20-6-3-13(11-20)21-5-1-4-19-21/h1,4-5,9-10,13H,2-3,6-8,11H2. The number of hydrogen-bond donors (Lipinski definition) is 0. The fourth-order valence-electron chi connectivity index (χ4n) is 3.18. The molecule has 1 saturated heterocycles. The molecule has 6 nitrogen and oxygen atoms in total. The van der Waals surface area contributed by atoms with Crippen molar-refractivity contribution in [3.05, 3.63) is 41.2 Å². The number of benzene rings is 1. The van der Waals surface area contributed by atoms with Gasteiger partial charge in [-0.15, -0.1) is 0 Å². The number of rotatable bonds is 2. The van der Waals surface area contributed by atoms with Gasteiger partial charge in [-0.1, -0.05) is 11.6 Å². The van der Waals surface area contributed by atoms with Crippen molar-refractivity contribution in [3.8, 4) is 11.5 Å². The summed E-state index contributed by atoms with van der Waals surface area (Å²) in [4.78, 5) is 14.7. The van der Waals surface area contributed by atoms with Crippen molar-refractivity contribution in [2.45, 2.75) is 18.9 Å². The molecule has 0 spiro atoms. The van der Waals surface area contributed by atoms with Crippen LogP contribution in [0.4, 0.5) is 0 Å². The third kappa shape index (κ3) is 2.82. The molecule has 7 heteroatoms. The van der Waals surface area contributed by atoms with Gasteiger partial charge in [-0.2, -0.15) is 5.10 Å². The molecule has 1 fully saturated rings. The number of halogens is 1. The predicted molar refractivity (Wildman–Crippen MR) is 88.8 cm³/mol. The van der Waals surface area contributed by atoms with E-state index in [2.05, 4.69) is 5.10 Å². The fourth-order valence-corrected chi connectivity index (χ4v) is 3.44. The number of fused-ring (bicyclic) bond motifs is 1. The monoisotopic (exact) mass is 347 g/mol. The van der Waals surface area contributed by atoms with E-state index in [9.17, 15) is 4.79 Å². The molecule has 24 heavy (non-hydrogen) atoms. The first-order valence-corrected chi connectivity index (χ1v) is 8.48. The smallest absolute Gasteiger partial charge is 0.254 e. The Morgan fingerprint density at radius 3 is 3.00 bits per heavy atom. The van der Waals surface area contributed by atoms with Crippen LogP contribution in [-0.2, 0) is 0 Å². The van der Waals surface area contributed by atoms with Crippen molar-refractivity contribution in [1.82, 2.24) is 14.7 Å². The third-order valence-corrected chi connectivity index (χ3v) is 4.68. The minimum atomic E-state index is -0.0396. The molecule has 1 unspecified atom stereocenters. The van der Waals surface area contributed by atoms with Crippen LogP contribution in [0.2, 0.25) is 5.02 Å². The second kappa shape index (κ2) is 6.36. The molecular weight excluding hydrogens is 330 g/mol. The summed E-state index contributed by atoms with van der Waals surface area (Å²) in [5.74, 6) is 1.04. The summed E-state index contributed by atoms with van der Waals surface area (Å²) in [5, 5.41) is 4.69. The molecule has 1 aromatic heterocycles. The van der Waals surface area contributed by atoms with Crippen molar-refractivity contribution in [2.75, 3.05) is 26.3 Å². The number of aromatic nitrogens is 2. The number of amides is 1. The van der Waals surface area contributed by atoms with E-state index < -0.39 is 0 Å². The summed E-state index contributed by atoms with van der Waals surface area (Å²) in [6, 6.07) is 5.52. The Balaban J connectivity index is 1.55. The number of nitrogens with zero attached hydrogens (tertiary/aromatic N) is 3. The Labute approximate surface area is 144 Å². The zero-order valence-corrected chi connectivity index (χ0v) is 13.9. The molecule has 2 aromatic rings. The lowest BCUT2D eigenvalue weighted by Crippen LogP contribution is -2.29. The van der Waals surface area contributed by atoms with Crippen LogP contribution < -0.4 is 9.47 Å². The number of carbonyl (C=O) groups is 1. The molecule has 0 bridgehead atoms. The van der Waals surface area contributed by atoms with Gasteiger partial charge in [0, 0.05) is 37.5 Å². The summed E-state index contributed by atoms with van der Waals surface area (Å²) in [7, 11) is 0. The number of hydrogen-bond acceptors (Lipinski definition) is 4. The van der Waals surface area contributed by atoms with Crippen molar-refractivity contribution < 1.29 is 14.3 Å². The van der Waals surface area contributed by atoms with Crippen molar-refractivity contribution in [3.63, 3.8) is 0 Å². The highest BCUT2D eigenvalue weighted by Gasteiger charge is 2.29. The summed E-state index contributed by atoms with van der Waals surface area (Å²) in [6.45, 7) is 2.48. The van der Waals surface area contributed by atoms with Gasteiger partial charge >= 0.3 is 0 Å². The average molecular weight is 348 g/mol. The van der Waals surface area contributed by atoms with E-state index in [-0.39, 0.29) is 11.9 Å². The molecule has 3 heterocycles. The summed E-state index contributed by atoms with van der Waals surface area (Å²) in [6.07, 6.45) is 5.38. The third-order valence-electron chi connectivity index (χ3n) is 4.40. The number of ether oxygens (including phenoxy) is 2. The minimum absolute atomic E-state index is 0.0396. The van der Waals surface area contributed by atoms with E-state index in [1.54, 1.807) is 18.3 Å². The van der Waals surface area contributed by atoms with E-state index in [1.807, 2.05) is 21.8 Å². The molecule has 1 amide bonds. The molecule has 0 saturated carbocycles. The van der Waals surface area contributed by atoms with E-state index in [0.717, 1.165) is 12.8 Å². The number of carbonyl (C=O) groups excluding carboxylic acids is 1. The van der Waals surface area contributed by atoms with Gasteiger partial charge in [0.15, 0.2) is 11.5 Å². The average Bonchev–Trinajstić information content (AvgIpc) is 3.21. The highest BCUT2D eigenvalue weighted by Crippen LogP contribution is 2.38. The van der Waals surface area contributed by atoms with Crippen LogP contribution in [0.1, 0.15) is 29.2 Å². The van der Waals surface area contributed by atoms with Gasteiger partial charge in [0.05, 0.1) is 24.3 Å². The molecule has 2 aliphatic heterocycles. The lowest BCUT2D eigenvalue weighted by Gasteiger charge is -2.18. The van der Waals surface area contributed by atoms with Crippen molar-refractivity contribution >= 4 is 17.5 Å². The van der Waals surface area contributed by atoms with Gasteiger partial charge in [0.1, 0.15) is 0 Å². The van der Waals surface area contributed by atoms with Gasteiger partial charge in [-0.3, -0.25) is 9.48 Å². The van der Waals surface area contributed by atoms with Crippen LogP contribution in [0.3, 0.4) is 0 Å². The van der Waals surface area contributed by atoms with Crippen molar-refractivity contribution in [2.24, 2.45) is 0 Å². The summed E-state index contributed by atoms with van der Waals surface area (Å²) < 4.78 is 13.2. The highest BCUT2D eigenvalue weighted by atomic mass is 35.5. The normalized spacial score (nSPS) is 20.0. The molecule has 2 aliphatic rings. The second-order valence-corrected chi connectivity index (χ2v) is 6.42. The SMILES string of the molecule is O=C(c1cc(Cl)c2c(c1)OCCCO2)N1CCC(n2cccn2)C1.